The lowest BCUT2D eigenvalue weighted by Crippen LogP contribution is -2.31. The lowest BCUT2D eigenvalue weighted by molar-refractivity contribution is -0.124. The van der Waals surface area contributed by atoms with Gasteiger partial charge in [-0.05, 0) is 18.6 Å². The molecule has 0 saturated heterocycles. The predicted octanol–water partition coefficient (Wildman–Crippen LogP) is 1.82. The van der Waals surface area contributed by atoms with Crippen LogP contribution in [0.3, 0.4) is 0 Å². The van der Waals surface area contributed by atoms with Crippen LogP contribution in [-0.4, -0.2) is 27.0 Å². The molecule has 102 valence electrons. The zero-order valence-electron chi connectivity index (χ0n) is 11.5. The highest BCUT2D eigenvalue weighted by molar-refractivity contribution is 5.78. The molecule has 0 aliphatic rings. The number of hydrogen-bond donors (Lipinski definition) is 1. The molecule has 1 amide bonds. The van der Waals surface area contributed by atoms with Crippen LogP contribution >= 0.6 is 0 Å². The molecule has 2 heterocycles. The van der Waals surface area contributed by atoms with Gasteiger partial charge in [-0.1, -0.05) is 26.3 Å². The van der Waals surface area contributed by atoms with Crippen LogP contribution in [0.15, 0.2) is 24.4 Å². The van der Waals surface area contributed by atoms with E-state index in [2.05, 4.69) is 22.4 Å². The minimum absolute atomic E-state index is 0.0835. The van der Waals surface area contributed by atoms with Crippen molar-refractivity contribution in [2.75, 3.05) is 6.54 Å². The van der Waals surface area contributed by atoms with Crippen molar-refractivity contribution in [3.63, 3.8) is 0 Å². The molecular weight excluding hydrogens is 240 g/mol. The summed E-state index contributed by atoms with van der Waals surface area (Å²) in [7, 11) is 0. The SMILES string of the molecule is CCCC(C)C(=O)NCCc1nnc2ccccn12. The van der Waals surface area contributed by atoms with Crippen molar-refractivity contribution in [2.24, 2.45) is 5.92 Å². The molecular formula is C14H20N4O. The van der Waals surface area contributed by atoms with E-state index in [0.29, 0.717) is 13.0 Å². The van der Waals surface area contributed by atoms with Crippen LogP contribution in [0, 0.1) is 5.92 Å². The lowest BCUT2D eigenvalue weighted by atomic mass is 10.1. The number of fused-ring (bicyclic) bond motifs is 1. The second-order valence-corrected chi connectivity index (χ2v) is 4.78. The smallest absolute Gasteiger partial charge is 0.222 e. The third kappa shape index (κ3) is 3.30. The maximum absolute atomic E-state index is 11.8. The summed E-state index contributed by atoms with van der Waals surface area (Å²) < 4.78 is 1.95. The molecule has 1 atom stereocenters. The third-order valence-electron chi connectivity index (χ3n) is 3.20. The van der Waals surface area contributed by atoms with E-state index < -0.39 is 0 Å². The minimum Gasteiger partial charge on any atom is -0.355 e. The van der Waals surface area contributed by atoms with Crippen molar-refractivity contribution >= 4 is 11.6 Å². The van der Waals surface area contributed by atoms with E-state index in [1.807, 2.05) is 35.7 Å². The van der Waals surface area contributed by atoms with Crippen LogP contribution in [0.5, 0.6) is 0 Å². The Morgan fingerprint density at radius 3 is 3.05 bits per heavy atom. The van der Waals surface area contributed by atoms with Crippen LogP contribution in [0.25, 0.3) is 5.65 Å². The fourth-order valence-corrected chi connectivity index (χ4v) is 2.10. The number of carbonyl (C=O) groups is 1. The van der Waals surface area contributed by atoms with Crippen molar-refractivity contribution in [1.29, 1.82) is 0 Å². The second-order valence-electron chi connectivity index (χ2n) is 4.78. The summed E-state index contributed by atoms with van der Waals surface area (Å²) in [6, 6.07) is 5.79. The number of carbonyl (C=O) groups excluding carboxylic acids is 1. The average Bonchev–Trinajstić information content (AvgIpc) is 2.82. The Kier molecular flexibility index (Phi) is 4.49. The minimum atomic E-state index is 0.0835. The summed E-state index contributed by atoms with van der Waals surface area (Å²) in [6.07, 6.45) is 4.59. The van der Waals surface area contributed by atoms with Crippen LogP contribution in [0.1, 0.15) is 32.5 Å². The molecule has 5 heteroatoms. The zero-order valence-corrected chi connectivity index (χ0v) is 11.5. The molecule has 0 aliphatic heterocycles. The fraction of sp³-hybridized carbons (Fsp3) is 0.500. The van der Waals surface area contributed by atoms with Gasteiger partial charge in [0.25, 0.3) is 0 Å². The molecule has 2 rings (SSSR count). The van der Waals surface area contributed by atoms with E-state index in [9.17, 15) is 4.79 Å². The van der Waals surface area contributed by atoms with E-state index in [0.717, 1.165) is 24.3 Å². The summed E-state index contributed by atoms with van der Waals surface area (Å²) in [5, 5.41) is 11.2. The van der Waals surface area contributed by atoms with Gasteiger partial charge in [0.05, 0.1) is 0 Å². The highest BCUT2D eigenvalue weighted by Crippen LogP contribution is 2.05. The van der Waals surface area contributed by atoms with Gasteiger partial charge in [-0.15, -0.1) is 10.2 Å². The maximum atomic E-state index is 11.8. The zero-order chi connectivity index (χ0) is 13.7. The van der Waals surface area contributed by atoms with Crippen LogP contribution < -0.4 is 5.32 Å². The molecule has 0 fully saturated rings. The summed E-state index contributed by atoms with van der Waals surface area (Å²) >= 11 is 0. The molecule has 2 aromatic heterocycles. The molecule has 0 aliphatic carbocycles. The maximum Gasteiger partial charge on any atom is 0.222 e. The molecule has 2 aromatic rings. The summed E-state index contributed by atoms with van der Waals surface area (Å²) in [4.78, 5) is 11.8. The predicted molar refractivity (Wildman–Crippen MR) is 73.8 cm³/mol. The monoisotopic (exact) mass is 260 g/mol. The number of amides is 1. The van der Waals surface area contributed by atoms with E-state index in [1.165, 1.54) is 0 Å². The van der Waals surface area contributed by atoms with Gasteiger partial charge in [-0.25, -0.2) is 0 Å². The van der Waals surface area contributed by atoms with E-state index in [4.69, 9.17) is 0 Å². The molecule has 0 aromatic carbocycles. The first-order valence-corrected chi connectivity index (χ1v) is 6.78. The topological polar surface area (TPSA) is 59.3 Å². The molecule has 0 saturated carbocycles. The van der Waals surface area contributed by atoms with Gasteiger partial charge in [-0.3, -0.25) is 9.20 Å². The summed E-state index contributed by atoms with van der Waals surface area (Å²) in [5.74, 6) is 1.08. The van der Waals surface area contributed by atoms with E-state index in [1.54, 1.807) is 0 Å². The van der Waals surface area contributed by atoms with Crippen molar-refractivity contribution in [2.45, 2.75) is 33.1 Å². The number of rotatable bonds is 6. The van der Waals surface area contributed by atoms with Crippen molar-refractivity contribution in [3.8, 4) is 0 Å². The van der Waals surface area contributed by atoms with Gasteiger partial charge in [0.15, 0.2) is 5.65 Å². The molecule has 5 nitrogen and oxygen atoms in total. The summed E-state index contributed by atoms with van der Waals surface area (Å²) in [6.45, 7) is 4.65. The number of hydrogen-bond acceptors (Lipinski definition) is 3. The van der Waals surface area contributed by atoms with E-state index >= 15 is 0 Å². The van der Waals surface area contributed by atoms with Gasteiger partial charge in [0.1, 0.15) is 5.82 Å². The molecule has 0 radical (unpaired) electrons. The molecule has 1 unspecified atom stereocenters. The second kappa shape index (κ2) is 6.31. The molecule has 1 N–H and O–H groups in total. The number of pyridine rings is 1. The highest BCUT2D eigenvalue weighted by atomic mass is 16.1. The number of nitrogens with zero attached hydrogens (tertiary/aromatic N) is 3. The third-order valence-corrected chi connectivity index (χ3v) is 3.20. The Balaban J connectivity index is 1.87. The van der Waals surface area contributed by atoms with Crippen molar-refractivity contribution in [3.05, 3.63) is 30.2 Å². The van der Waals surface area contributed by atoms with Gasteiger partial charge in [0.2, 0.25) is 5.91 Å². The summed E-state index contributed by atoms with van der Waals surface area (Å²) in [5.41, 5.74) is 0.836. The first kappa shape index (κ1) is 13.5. The van der Waals surface area contributed by atoms with Crippen LogP contribution in [0.4, 0.5) is 0 Å². The van der Waals surface area contributed by atoms with Crippen LogP contribution in [-0.2, 0) is 11.2 Å². The fourth-order valence-electron chi connectivity index (χ4n) is 2.10. The quantitative estimate of drug-likeness (QED) is 0.862. The van der Waals surface area contributed by atoms with Crippen LogP contribution in [0.2, 0.25) is 0 Å². The molecule has 0 bridgehead atoms. The standard InChI is InChI=1S/C14H20N4O/c1-3-6-11(2)14(19)15-9-8-13-17-16-12-7-4-5-10-18(12)13/h4-5,7,10-11H,3,6,8-9H2,1-2H3,(H,15,19). The van der Waals surface area contributed by atoms with Gasteiger partial charge in [-0.2, -0.15) is 0 Å². The Bertz CT molecular complexity index is 549. The lowest BCUT2D eigenvalue weighted by Gasteiger charge is -2.10. The Morgan fingerprint density at radius 2 is 2.26 bits per heavy atom. The Labute approximate surface area is 113 Å². The molecule has 19 heavy (non-hydrogen) atoms. The average molecular weight is 260 g/mol. The number of aromatic nitrogens is 3. The van der Waals surface area contributed by atoms with Crippen molar-refractivity contribution in [1.82, 2.24) is 19.9 Å². The molecule has 0 spiro atoms. The normalized spacial score (nSPS) is 12.5. The van der Waals surface area contributed by atoms with Crippen molar-refractivity contribution < 1.29 is 4.79 Å². The van der Waals surface area contributed by atoms with E-state index in [-0.39, 0.29) is 11.8 Å². The highest BCUT2D eigenvalue weighted by Gasteiger charge is 2.11. The Morgan fingerprint density at radius 1 is 1.42 bits per heavy atom. The first-order chi connectivity index (χ1) is 9.22. The van der Waals surface area contributed by atoms with Gasteiger partial charge in [0, 0.05) is 25.1 Å². The largest absolute Gasteiger partial charge is 0.355 e. The van der Waals surface area contributed by atoms with Gasteiger partial charge < -0.3 is 5.32 Å². The Hall–Kier alpha value is -1.91. The van der Waals surface area contributed by atoms with Gasteiger partial charge >= 0.3 is 0 Å². The number of nitrogens with one attached hydrogen (secondary N) is 1. The first-order valence-electron chi connectivity index (χ1n) is 6.78.